The Hall–Kier alpha value is -2.24. The maximum Gasteiger partial charge on any atom is 0.253 e. The second kappa shape index (κ2) is 9.62. The summed E-state index contributed by atoms with van der Waals surface area (Å²) in [5.41, 5.74) is 1.99. The minimum atomic E-state index is 0.0343. The Kier molecular flexibility index (Phi) is 6.96. The molecule has 1 aromatic heterocycles. The molecular formula is C22H29N3O2. The second-order valence-electron chi connectivity index (χ2n) is 7.55. The van der Waals surface area contributed by atoms with Gasteiger partial charge in [0, 0.05) is 50.7 Å². The standard InChI is InChI=1S/C22H29N3O2/c1-18(2)14-25(22(26)20-6-4-3-5-7-20)17-21-16-24(12-13-27-21)15-19-8-10-23-11-9-19/h3-11,18,21H,12-17H2,1-2H3. The fourth-order valence-electron chi connectivity index (χ4n) is 3.47. The number of hydrogen-bond donors (Lipinski definition) is 0. The van der Waals surface area contributed by atoms with E-state index in [0.29, 0.717) is 19.1 Å². The highest BCUT2D eigenvalue weighted by molar-refractivity contribution is 5.94. The van der Waals surface area contributed by atoms with Crippen LogP contribution in [0.4, 0.5) is 0 Å². The number of benzene rings is 1. The lowest BCUT2D eigenvalue weighted by molar-refractivity contribution is -0.0438. The molecule has 5 nitrogen and oxygen atoms in total. The number of carbonyl (C=O) groups is 1. The van der Waals surface area contributed by atoms with Gasteiger partial charge < -0.3 is 9.64 Å². The van der Waals surface area contributed by atoms with Crippen molar-refractivity contribution in [3.05, 3.63) is 66.0 Å². The molecule has 2 aromatic rings. The third kappa shape index (κ3) is 5.88. The van der Waals surface area contributed by atoms with Gasteiger partial charge in [0.15, 0.2) is 0 Å². The normalized spacial score (nSPS) is 17.8. The number of morpholine rings is 1. The molecule has 0 spiro atoms. The summed E-state index contributed by atoms with van der Waals surface area (Å²) in [6.45, 7) is 8.97. The van der Waals surface area contributed by atoms with Crippen molar-refractivity contribution in [2.45, 2.75) is 26.5 Å². The largest absolute Gasteiger partial charge is 0.374 e. The Morgan fingerprint density at radius 3 is 2.67 bits per heavy atom. The fraction of sp³-hybridized carbons (Fsp3) is 0.455. The van der Waals surface area contributed by atoms with Crippen LogP contribution >= 0.6 is 0 Å². The van der Waals surface area contributed by atoms with E-state index in [1.54, 1.807) is 0 Å². The quantitative estimate of drug-likeness (QED) is 0.754. The average molecular weight is 367 g/mol. The highest BCUT2D eigenvalue weighted by atomic mass is 16.5. The van der Waals surface area contributed by atoms with Crippen LogP contribution < -0.4 is 0 Å². The molecule has 2 heterocycles. The van der Waals surface area contributed by atoms with Gasteiger partial charge in [-0.2, -0.15) is 0 Å². The van der Waals surface area contributed by atoms with E-state index in [1.165, 1.54) is 5.56 Å². The molecule has 1 unspecified atom stereocenters. The summed E-state index contributed by atoms with van der Waals surface area (Å²) in [4.78, 5) is 21.4. The van der Waals surface area contributed by atoms with Gasteiger partial charge in [-0.05, 0) is 35.7 Å². The number of ether oxygens (including phenoxy) is 1. The van der Waals surface area contributed by atoms with Crippen LogP contribution in [0.2, 0.25) is 0 Å². The Morgan fingerprint density at radius 1 is 1.22 bits per heavy atom. The summed E-state index contributed by atoms with van der Waals surface area (Å²) in [5, 5.41) is 0. The molecule has 0 aliphatic carbocycles. The van der Waals surface area contributed by atoms with Crippen LogP contribution in [0, 0.1) is 5.92 Å². The van der Waals surface area contributed by atoms with Gasteiger partial charge >= 0.3 is 0 Å². The van der Waals surface area contributed by atoms with Crippen molar-refractivity contribution in [1.29, 1.82) is 0 Å². The summed E-state index contributed by atoms with van der Waals surface area (Å²) < 4.78 is 6.00. The minimum absolute atomic E-state index is 0.0343. The Morgan fingerprint density at radius 2 is 1.96 bits per heavy atom. The van der Waals surface area contributed by atoms with Gasteiger partial charge in [-0.15, -0.1) is 0 Å². The lowest BCUT2D eigenvalue weighted by atomic mass is 10.1. The molecule has 1 aliphatic heterocycles. The van der Waals surface area contributed by atoms with E-state index >= 15 is 0 Å². The third-order valence-corrected chi connectivity index (χ3v) is 4.70. The van der Waals surface area contributed by atoms with E-state index in [-0.39, 0.29) is 12.0 Å². The fourth-order valence-corrected chi connectivity index (χ4v) is 3.47. The van der Waals surface area contributed by atoms with E-state index in [4.69, 9.17) is 4.74 Å². The topological polar surface area (TPSA) is 45.7 Å². The summed E-state index contributed by atoms with van der Waals surface area (Å²) in [6.07, 6.45) is 3.69. The van der Waals surface area contributed by atoms with Crippen molar-refractivity contribution in [1.82, 2.24) is 14.8 Å². The number of carbonyl (C=O) groups excluding carboxylic acids is 1. The van der Waals surface area contributed by atoms with Gasteiger partial charge in [-0.1, -0.05) is 32.0 Å². The highest BCUT2D eigenvalue weighted by Crippen LogP contribution is 2.14. The van der Waals surface area contributed by atoms with E-state index in [9.17, 15) is 4.79 Å². The zero-order valence-electron chi connectivity index (χ0n) is 16.3. The minimum Gasteiger partial charge on any atom is -0.374 e. The molecule has 1 aromatic carbocycles. The number of rotatable bonds is 7. The van der Waals surface area contributed by atoms with E-state index in [1.807, 2.05) is 47.6 Å². The molecule has 0 N–H and O–H groups in total. The second-order valence-corrected chi connectivity index (χ2v) is 7.55. The van der Waals surface area contributed by atoms with Gasteiger partial charge in [-0.25, -0.2) is 0 Å². The zero-order chi connectivity index (χ0) is 19.1. The molecule has 3 rings (SSSR count). The first-order valence-electron chi connectivity index (χ1n) is 9.69. The zero-order valence-corrected chi connectivity index (χ0v) is 16.3. The molecule has 27 heavy (non-hydrogen) atoms. The molecule has 1 amide bonds. The Labute approximate surface area is 162 Å². The van der Waals surface area contributed by atoms with Crippen molar-refractivity contribution in [3.8, 4) is 0 Å². The monoisotopic (exact) mass is 367 g/mol. The maximum atomic E-state index is 13.0. The number of hydrogen-bond acceptors (Lipinski definition) is 4. The average Bonchev–Trinajstić information content (AvgIpc) is 2.68. The first-order chi connectivity index (χ1) is 13.1. The number of amides is 1. The Bertz CT molecular complexity index is 706. The molecule has 1 saturated heterocycles. The molecule has 0 bridgehead atoms. The van der Waals surface area contributed by atoms with Crippen LogP contribution in [0.1, 0.15) is 29.8 Å². The van der Waals surface area contributed by atoms with Gasteiger partial charge in [0.05, 0.1) is 12.7 Å². The molecule has 1 atom stereocenters. The smallest absolute Gasteiger partial charge is 0.253 e. The van der Waals surface area contributed by atoms with Gasteiger partial charge in [0.1, 0.15) is 0 Å². The predicted octanol–water partition coefficient (Wildman–Crippen LogP) is 3.08. The lowest BCUT2D eigenvalue weighted by Gasteiger charge is -2.36. The summed E-state index contributed by atoms with van der Waals surface area (Å²) in [6, 6.07) is 13.6. The molecule has 5 heteroatoms. The lowest BCUT2D eigenvalue weighted by Crippen LogP contribution is -2.49. The summed E-state index contributed by atoms with van der Waals surface area (Å²) in [7, 11) is 0. The Balaban J connectivity index is 1.63. The molecule has 1 aliphatic rings. The van der Waals surface area contributed by atoms with E-state index < -0.39 is 0 Å². The van der Waals surface area contributed by atoms with Crippen molar-refractivity contribution >= 4 is 5.91 Å². The van der Waals surface area contributed by atoms with Gasteiger partial charge in [0.25, 0.3) is 5.91 Å². The van der Waals surface area contributed by atoms with Crippen LogP contribution in [0.5, 0.6) is 0 Å². The molecule has 144 valence electrons. The van der Waals surface area contributed by atoms with Crippen molar-refractivity contribution in [2.75, 3.05) is 32.8 Å². The van der Waals surface area contributed by atoms with Crippen LogP contribution in [-0.2, 0) is 11.3 Å². The number of nitrogens with zero attached hydrogens (tertiary/aromatic N) is 3. The highest BCUT2D eigenvalue weighted by Gasteiger charge is 2.26. The van der Waals surface area contributed by atoms with Crippen LogP contribution in [0.25, 0.3) is 0 Å². The predicted molar refractivity (Wildman–Crippen MR) is 106 cm³/mol. The molecule has 1 fully saturated rings. The van der Waals surface area contributed by atoms with Crippen LogP contribution in [0.15, 0.2) is 54.9 Å². The third-order valence-electron chi connectivity index (χ3n) is 4.70. The summed E-state index contributed by atoms with van der Waals surface area (Å²) in [5.74, 6) is 0.494. The van der Waals surface area contributed by atoms with Crippen LogP contribution in [-0.4, -0.2) is 59.6 Å². The number of pyridine rings is 1. The van der Waals surface area contributed by atoms with Gasteiger partial charge in [0.2, 0.25) is 0 Å². The molecular weight excluding hydrogens is 338 g/mol. The van der Waals surface area contributed by atoms with Crippen molar-refractivity contribution < 1.29 is 9.53 Å². The molecule has 0 radical (unpaired) electrons. The summed E-state index contributed by atoms with van der Waals surface area (Å²) >= 11 is 0. The maximum absolute atomic E-state index is 13.0. The SMILES string of the molecule is CC(C)CN(CC1CN(Cc2ccncc2)CCO1)C(=O)c1ccccc1. The van der Waals surface area contributed by atoms with Crippen molar-refractivity contribution in [2.24, 2.45) is 5.92 Å². The van der Waals surface area contributed by atoms with Crippen molar-refractivity contribution in [3.63, 3.8) is 0 Å². The van der Waals surface area contributed by atoms with E-state index in [0.717, 1.165) is 31.7 Å². The molecule has 0 saturated carbocycles. The van der Waals surface area contributed by atoms with Gasteiger partial charge in [-0.3, -0.25) is 14.7 Å². The van der Waals surface area contributed by atoms with Crippen LogP contribution in [0.3, 0.4) is 0 Å². The van der Waals surface area contributed by atoms with E-state index in [2.05, 4.69) is 35.9 Å². The first kappa shape index (κ1) is 19.5. The first-order valence-corrected chi connectivity index (χ1v) is 9.69. The number of aromatic nitrogens is 1.